The van der Waals surface area contributed by atoms with E-state index in [1.165, 1.54) is 5.01 Å². The van der Waals surface area contributed by atoms with Gasteiger partial charge in [-0.15, -0.1) is 6.58 Å². The molecule has 0 radical (unpaired) electrons. The fourth-order valence-electron chi connectivity index (χ4n) is 0.582. The van der Waals surface area contributed by atoms with Crippen molar-refractivity contribution in [1.29, 1.82) is 0 Å². The van der Waals surface area contributed by atoms with E-state index >= 15 is 0 Å². The zero-order chi connectivity index (χ0) is 9.72. The first kappa shape index (κ1) is 11.1. The van der Waals surface area contributed by atoms with Crippen molar-refractivity contribution in [2.75, 3.05) is 0 Å². The second-order valence-corrected chi connectivity index (χ2v) is 3.02. The van der Waals surface area contributed by atoms with Crippen LogP contribution in [0, 0.1) is 0 Å². The fourth-order valence-corrected chi connectivity index (χ4v) is 0.892. The summed E-state index contributed by atoms with van der Waals surface area (Å²) in [4.78, 5) is 0. The predicted octanol–water partition coefficient (Wildman–Crippen LogP) is -0.145. The van der Waals surface area contributed by atoms with Gasteiger partial charge in [0.2, 0.25) is 0 Å². The first-order valence-corrected chi connectivity index (χ1v) is 4.08. The van der Waals surface area contributed by atoms with Crippen molar-refractivity contribution in [3.05, 3.63) is 12.7 Å². The summed E-state index contributed by atoms with van der Waals surface area (Å²) in [7, 11) is 0. The molecule has 0 aromatic carbocycles. The van der Waals surface area contributed by atoms with Crippen LogP contribution in [0.5, 0.6) is 0 Å². The molecule has 0 aromatic heterocycles. The Morgan fingerprint density at radius 1 is 1.58 bits per heavy atom. The van der Waals surface area contributed by atoms with E-state index in [9.17, 15) is 0 Å². The zero-order valence-corrected chi connectivity index (χ0v) is 8.41. The summed E-state index contributed by atoms with van der Waals surface area (Å²) >= 11 is 9.39. The molecule has 0 saturated heterocycles. The molecule has 0 amide bonds. The first-order chi connectivity index (χ1) is 5.49. The van der Waals surface area contributed by atoms with E-state index in [1.807, 2.05) is 6.92 Å². The molecule has 6 heteroatoms. The van der Waals surface area contributed by atoms with Crippen molar-refractivity contribution in [3.8, 4) is 0 Å². The molecule has 5 N–H and O–H groups in total. The Bertz CT molecular complexity index is 204. The summed E-state index contributed by atoms with van der Waals surface area (Å²) in [5.74, 6) is 0. The van der Waals surface area contributed by atoms with E-state index in [0.29, 0.717) is 0 Å². The van der Waals surface area contributed by atoms with Crippen LogP contribution in [0.25, 0.3) is 0 Å². The van der Waals surface area contributed by atoms with E-state index in [4.69, 9.17) is 23.7 Å². The normalized spacial score (nSPS) is 11.4. The highest BCUT2D eigenvalue weighted by molar-refractivity contribution is 7.80. The van der Waals surface area contributed by atoms with E-state index in [0.717, 1.165) is 0 Å². The molecule has 0 bridgehead atoms. The summed E-state index contributed by atoms with van der Waals surface area (Å²) in [5.41, 5.74) is 13.3. The van der Waals surface area contributed by atoms with Crippen LogP contribution in [0.3, 0.4) is 0 Å². The van der Waals surface area contributed by atoms with Gasteiger partial charge in [-0.3, -0.25) is 10.4 Å². The molecule has 0 aliphatic rings. The van der Waals surface area contributed by atoms with Crippen LogP contribution in [0.4, 0.5) is 0 Å². The Kier molecular flexibility index (Phi) is 4.53. The Morgan fingerprint density at radius 3 is 2.33 bits per heavy atom. The molecule has 0 spiro atoms. The van der Waals surface area contributed by atoms with E-state index in [2.05, 4.69) is 24.2 Å². The molecule has 68 valence electrons. The maximum absolute atomic E-state index is 5.39. The summed E-state index contributed by atoms with van der Waals surface area (Å²) < 4.78 is 0. The molecule has 1 unspecified atom stereocenters. The average molecular weight is 204 g/mol. The predicted molar refractivity (Wildman–Crippen MR) is 58.2 cm³/mol. The number of nitrogens with one attached hydrogen (secondary N) is 1. The standard InChI is InChI=1S/C6H12N4S2/c1-3-4(2)10(6(8)12)9-5(7)11/h3-4H,1H2,2H3,(H2,8,12)(H3,7,9,11). The minimum absolute atomic E-state index is 0.0519. The SMILES string of the molecule is C=CC(C)N(NC(N)=S)C(N)=S. The van der Waals surface area contributed by atoms with Gasteiger partial charge in [0.1, 0.15) is 0 Å². The lowest BCUT2D eigenvalue weighted by atomic mass is 10.3. The molecule has 0 saturated carbocycles. The molecule has 1 atom stereocenters. The van der Waals surface area contributed by atoms with Crippen molar-refractivity contribution in [3.63, 3.8) is 0 Å². The van der Waals surface area contributed by atoms with Crippen molar-refractivity contribution >= 4 is 34.7 Å². The summed E-state index contributed by atoms with van der Waals surface area (Å²) in [6.45, 7) is 5.45. The van der Waals surface area contributed by atoms with Gasteiger partial charge in [-0.2, -0.15) is 0 Å². The van der Waals surface area contributed by atoms with Gasteiger partial charge in [-0.25, -0.2) is 0 Å². The quantitative estimate of drug-likeness (QED) is 0.330. The van der Waals surface area contributed by atoms with Gasteiger partial charge >= 0.3 is 0 Å². The van der Waals surface area contributed by atoms with Gasteiger partial charge in [-0.05, 0) is 31.4 Å². The number of hydrogen-bond donors (Lipinski definition) is 3. The number of thiocarbonyl (C=S) groups is 2. The van der Waals surface area contributed by atoms with Crippen LogP contribution in [0.2, 0.25) is 0 Å². The molecule has 0 aromatic rings. The van der Waals surface area contributed by atoms with E-state index in [-0.39, 0.29) is 16.3 Å². The average Bonchev–Trinajstić information content (AvgIpc) is 1.98. The minimum Gasteiger partial charge on any atom is -0.375 e. The Labute approximate surface area is 82.6 Å². The highest BCUT2D eigenvalue weighted by atomic mass is 32.1. The maximum atomic E-state index is 5.39. The largest absolute Gasteiger partial charge is 0.375 e. The molecular weight excluding hydrogens is 192 g/mol. The third-order valence-corrected chi connectivity index (χ3v) is 1.50. The molecule has 0 rings (SSSR count). The number of hydrogen-bond acceptors (Lipinski definition) is 2. The molecule has 0 heterocycles. The van der Waals surface area contributed by atoms with Crippen LogP contribution in [0.1, 0.15) is 6.92 Å². The van der Waals surface area contributed by atoms with Crippen molar-refractivity contribution < 1.29 is 0 Å². The van der Waals surface area contributed by atoms with Gasteiger partial charge < -0.3 is 11.5 Å². The lowest BCUT2D eigenvalue weighted by Gasteiger charge is -2.27. The third kappa shape index (κ3) is 3.49. The van der Waals surface area contributed by atoms with Crippen LogP contribution in [0.15, 0.2) is 12.7 Å². The fraction of sp³-hybridized carbons (Fsp3) is 0.333. The Hall–Kier alpha value is -0.880. The van der Waals surface area contributed by atoms with Gasteiger partial charge in [0, 0.05) is 0 Å². The number of nitrogens with zero attached hydrogens (tertiary/aromatic N) is 1. The minimum atomic E-state index is -0.0519. The van der Waals surface area contributed by atoms with Gasteiger partial charge in [0.05, 0.1) is 6.04 Å². The third-order valence-electron chi connectivity index (χ3n) is 1.22. The van der Waals surface area contributed by atoms with Crippen molar-refractivity contribution in [1.82, 2.24) is 10.4 Å². The lowest BCUT2D eigenvalue weighted by molar-refractivity contribution is 0.340. The first-order valence-electron chi connectivity index (χ1n) is 3.26. The number of rotatable bonds is 2. The molecule has 0 aliphatic heterocycles. The van der Waals surface area contributed by atoms with Crippen LogP contribution in [-0.2, 0) is 0 Å². The molecular formula is C6H12N4S2. The van der Waals surface area contributed by atoms with Gasteiger partial charge in [0.15, 0.2) is 10.2 Å². The lowest BCUT2D eigenvalue weighted by Crippen LogP contribution is -2.54. The molecule has 0 aliphatic carbocycles. The van der Waals surface area contributed by atoms with Crippen LogP contribution < -0.4 is 16.9 Å². The van der Waals surface area contributed by atoms with Gasteiger partial charge in [0.25, 0.3) is 0 Å². The van der Waals surface area contributed by atoms with E-state index in [1.54, 1.807) is 6.08 Å². The molecule has 4 nitrogen and oxygen atoms in total. The van der Waals surface area contributed by atoms with Gasteiger partial charge in [-0.1, -0.05) is 6.08 Å². The number of hydrazine groups is 1. The van der Waals surface area contributed by atoms with Crippen LogP contribution >= 0.6 is 24.4 Å². The summed E-state index contributed by atoms with van der Waals surface area (Å²) in [6.07, 6.45) is 1.67. The Balaban J connectivity index is 4.32. The second kappa shape index (κ2) is 4.89. The van der Waals surface area contributed by atoms with Crippen molar-refractivity contribution in [2.24, 2.45) is 11.5 Å². The van der Waals surface area contributed by atoms with E-state index < -0.39 is 0 Å². The van der Waals surface area contributed by atoms with Crippen molar-refractivity contribution in [2.45, 2.75) is 13.0 Å². The molecule has 12 heavy (non-hydrogen) atoms. The summed E-state index contributed by atoms with van der Waals surface area (Å²) in [6, 6.07) is -0.0519. The maximum Gasteiger partial charge on any atom is 0.185 e. The molecule has 0 fully saturated rings. The monoisotopic (exact) mass is 204 g/mol. The summed E-state index contributed by atoms with van der Waals surface area (Å²) in [5, 5.41) is 1.76. The van der Waals surface area contributed by atoms with Crippen LogP contribution in [-0.4, -0.2) is 21.3 Å². The smallest absolute Gasteiger partial charge is 0.185 e. The zero-order valence-electron chi connectivity index (χ0n) is 6.78. The number of nitrogens with two attached hydrogens (primary N) is 2. The highest BCUT2D eigenvalue weighted by Crippen LogP contribution is 1.95. The highest BCUT2D eigenvalue weighted by Gasteiger charge is 2.11. The topological polar surface area (TPSA) is 67.3 Å². The Morgan fingerprint density at radius 2 is 2.08 bits per heavy atom. The second-order valence-electron chi connectivity index (χ2n) is 2.16.